The summed E-state index contributed by atoms with van der Waals surface area (Å²) in [5.41, 5.74) is 0. The second-order valence-corrected chi connectivity index (χ2v) is 19.0. The average molecular weight is 854 g/mol. The number of hydrogen-bond donors (Lipinski definition) is 4. The molecule has 0 aromatic rings. The third-order valence-electron chi connectivity index (χ3n) is 10.7. The number of unbranched alkanes of at least 4 members (excludes halogenated alkanes) is 21. The molecular formula is C49H94N2O7P+. The van der Waals surface area contributed by atoms with Gasteiger partial charge in [-0.2, -0.15) is 0 Å². The minimum Gasteiger partial charge on any atom is -0.390 e. The average Bonchev–Trinajstić information content (AvgIpc) is 3.19. The molecule has 59 heavy (non-hydrogen) atoms. The summed E-state index contributed by atoms with van der Waals surface area (Å²) < 4.78 is 23.5. The minimum atomic E-state index is -4.42. The van der Waals surface area contributed by atoms with E-state index in [4.69, 9.17) is 9.05 Å². The topological polar surface area (TPSA) is 125 Å². The Morgan fingerprint density at radius 1 is 0.610 bits per heavy atom. The van der Waals surface area contributed by atoms with E-state index in [1.165, 1.54) is 96.3 Å². The maximum atomic E-state index is 12.9. The molecule has 0 heterocycles. The second kappa shape index (κ2) is 40.5. The van der Waals surface area contributed by atoms with Gasteiger partial charge < -0.3 is 24.9 Å². The first kappa shape index (κ1) is 57.4. The summed E-state index contributed by atoms with van der Waals surface area (Å²) in [6.45, 7) is 4.48. The van der Waals surface area contributed by atoms with Gasteiger partial charge in [-0.3, -0.25) is 13.8 Å². The van der Waals surface area contributed by atoms with Crippen molar-refractivity contribution in [2.75, 3.05) is 40.9 Å². The molecule has 4 atom stereocenters. The summed E-state index contributed by atoms with van der Waals surface area (Å²) in [6.07, 6.45) is 47.4. The lowest BCUT2D eigenvalue weighted by atomic mass is 9.99. The SMILES string of the molecule is CC/C=C\C/C=C\C/C=C\C/C=C\CCCCCCCCCCCCC(=O)NC(COP(=O)(O)OCC[N+](C)(C)C)C(O)C(O)CCCCCCCCCCCCCC. The van der Waals surface area contributed by atoms with Crippen LogP contribution < -0.4 is 5.32 Å². The van der Waals surface area contributed by atoms with Crippen molar-refractivity contribution in [1.29, 1.82) is 0 Å². The van der Waals surface area contributed by atoms with Crippen LogP contribution in [0.15, 0.2) is 48.6 Å². The van der Waals surface area contributed by atoms with Crippen LogP contribution in [-0.4, -0.2) is 84.6 Å². The Morgan fingerprint density at radius 3 is 1.54 bits per heavy atom. The molecule has 0 saturated heterocycles. The van der Waals surface area contributed by atoms with Gasteiger partial charge in [-0.1, -0.05) is 191 Å². The fraction of sp³-hybridized carbons (Fsp3) is 0.816. The molecule has 4 N–H and O–H groups in total. The van der Waals surface area contributed by atoms with Crippen LogP contribution in [0.1, 0.15) is 200 Å². The monoisotopic (exact) mass is 854 g/mol. The van der Waals surface area contributed by atoms with E-state index in [-0.39, 0.29) is 18.9 Å². The molecule has 0 saturated carbocycles. The van der Waals surface area contributed by atoms with Crippen LogP contribution >= 0.6 is 7.82 Å². The number of carbonyl (C=O) groups is 1. The summed E-state index contributed by atoms with van der Waals surface area (Å²) in [5.74, 6) is -0.265. The number of phosphoric acid groups is 1. The van der Waals surface area contributed by atoms with Gasteiger partial charge in [0.25, 0.3) is 0 Å². The summed E-state index contributed by atoms with van der Waals surface area (Å²) in [4.78, 5) is 23.2. The van der Waals surface area contributed by atoms with E-state index >= 15 is 0 Å². The Kier molecular flexibility index (Phi) is 39.4. The van der Waals surface area contributed by atoms with Crippen molar-refractivity contribution in [2.45, 2.75) is 218 Å². The molecule has 0 aromatic carbocycles. The number of rotatable bonds is 43. The fourth-order valence-corrected chi connectivity index (χ4v) is 7.58. The largest absolute Gasteiger partial charge is 0.472 e. The Morgan fingerprint density at radius 2 is 1.05 bits per heavy atom. The summed E-state index contributed by atoms with van der Waals surface area (Å²) in [7, 11) is 1.43. The van der Waals surface area contributed by atoms with Crippen molar-refractivity contribution >= 4 is 13.7 Å². The molecule has 0 rings (SSSR count). The van der Waals surface area contributed by atoms with Crippen molar-refractivity contribution in [2.24, 2.45) is 0 Å². The third kappa shape index (κ3) is 41.5. The molecule has 0 bridgehead atoms. The normalized spacial score (nSPS) is 15.2. The van der Waals surface area contributed by atoms with Gasteiger partial charge in [0.1, 0.15) is 19.3 Å². The third-order valence-corrected chi connectivity index (χ3v) is 11.7. The van der Waals surface area contributed by atoms with Gasteiger partial charge in [0, 0.05) is 6.42 Å². The van der Waals surface area contributed by atoms with Crippen LogP contribution in [-0.2, 0) is 18.4 Å². The van der Waals surface area contributed by atoms with Gasteiger partial charge in [-0.25, -0.2) is 4.57 Å². The molecule has 1 amide bonds. The number of nitrogens with zero attached hydrogens (tertiary/aromatic N) is 1. The number of likely N-dealkylation sites (N-methyl/N-ethyl adjacent to an activating group) is 1. The molecule has 346 valence electrons. The zero-order valence-corrected chi connectivity index (χ0v) is 39.7. The summed E-state index contributed by atoms with van der Waals surface area (Å²) >= 11 is 0. The maximum Gasteiger partial charge on any atom is 0.472 e. The summed E-state index contributed by atoms with van der Waals surface area (Å²) in [6, 6.07) is -1.04. The lowest BCUT2D eigenvalue weighted by molar-refractivity contribution is -0.870. The molecule has 4 unspecified atom stereocenters. The molecule has 0 aliphatic heterocycles. The van der Waals surface area contributed by atoms with Crippen LogP contribution in [0, 0.1) is 0 Å². The van der Waals surface area contributed by atoms with E-state index in [9.17, 15) is 24.5 Å². The highest BCUT2D eigenvalue weighted by Crippen LogP contribution is 2.43. The number of quaternary nitrogens is 1. The zero-order valence-electron chi connectivity index (χ0n) is 38.8. The standard InChI is InChI=1S/C49H93N2O7P/c1-6-8-10-12-14-16-18-20-21-22-23-24-25-26-27-28-29-30-32-34-36-38-40-42-48(53)50-46(45-58-59(55,56)57-44-43-51(3,4)5)49(54)47(52)41-39-37-35-33-31-19-17-15-13-11-9-7-2/h8,10,14,16,20-21,23-24,46-47,49,52,54H,6-7,9,11-13,15,17-19,22,25-45H2,1-5H3,(H-,50,53,55,56)/p+1/b10-8-,16-14-,21-20-,24-23-. The van der Waals surface area contributed by atoms with Gasteiger partial charge in [-0.15, -0.1) is 0 Å². The number of phosphoric ester groups is 1. The molecule has 10 heteroatoms. The highest BCUT2D eigenvalue weighted by atomic mass is 31.2. The highest BCUT2D eigenvalue weighted by molar-refractivity contribution is 7.47. The summed E-state index contributed by atoms with van der Waals surface area (Å²) in [5, 5.41) is 24.7. The van der Waals surface area contributed by atoms with Gasteiger partial charge >= 0.3 is 7.82 Å². The molecule has 0 spiro atoms. The number of nitrogens with one attached hydrogen (secondary N) is 1. The van der Waals surface area contributed by atoms with Crippen molar-refractivity contribution in [1.82, 2.24) is 5.32 Å². The molecule has 0 fully saturated rings. The van der Waals surface area contributed by atoms with Crippen LogP contribution in [0.4, 0.5) is 0 Å². The Hall–Kier alpha value is -1.58. The Balaban J connectivity index is 4.37. The van der Waals surface area contributed by atoms with E-state index in [2.05, 4.69) is 67.8 Å². The number of carbonyl (C=O) groups excluding carboxylic acids is 1. The lowest BCUT2D eigenvalue weighted by Gasteiger charge is -2.28. The Bertz CT molecular complexity index is 1120. The van der Waals surface area contributed by atoms with Crippen molar-refractivity contribution < 1.29 is 38.0 Å². The Labute approximate surface area is 363 Å². The van der Waals surface area contributed by atoms with E-state index in [1.807, 2.05) is 21.1 Å². The number of allylic oxidation sites excluding steroid dienone is 8. The van der Waals surface area contributed by atoms with Crippen LogP contribution in [0.25, 0.3) is 0 Å². The molecule has 9 nitrogen and oxygen atoms in total. The maximum absolute atomic E-state index is 12.9. The number of aliphatic hydroxyl groups is 2. The van der Waals surface area contributed by atoms with E-state index in [1.54, 1.807) is 0 Å². The number of amides is 1. The lowest BCUT2D eigenvalue weighted by Crippen LogP contribution is -2.51. The van der Waals surface area contributed by atoms with E-state index in [0.29, 0.717) is 17.4 Å². The van der Waals surface area contributed by atoms with Crippen LogP contribution in [0.5, 0.6) is 0 Å². The van der Waals surface area contributed by atoms with Gasteiger partial charge in [-0.05, 0) is 51.4 Å². The van der Waals surface area contributed by atoms with Gasteiger partial charge in [0.15, 0.2) is 0 Å². The first-order valence-electron chi connectivity index (χ1n) is 24.1. The van der Waals surface area contributed by atoms with Crippen molar-refractivity contribution in [3.8, 4) is 0 Å². The smallest absolute Gasteiger partial charge is 0.390 e. The highest BCUT2D eigenvalue weighted by Gasteiger charge is 2.31. The molecule has 0 aromatic heterocycles. The quantitative estimate of drug-likeness (QED) is 0.0208. The van der Waals surface area contributed by atoms with Crippen LogP contribution in [0.3, 0.4) is 0 Å². The van der Waals surface area contributed by atoms with Crippen LogP contribution in [0.2, 0.25) is 0 Å². The minimum absolute atomic E-state index is 0.0195. The first-order valence-corrected chi connectivity index (χ1v) is 25.6. The van der Waals surface area contributed by atoms with Gasteiger partial charge in [0.05, 0.1) is 39.9 Å². The zero-order chi connectivity index (χ0) is 43.7. The van der Waals surface area contributed by atoms with Crippen molar-refractivity contribution in [3.05, 3.63) is 48.6 Å². The second-order valence-electron chi connectivity index (χ2n) is 17.6. The molecule has 0 aliphatic rings. The van der Waals surface area contributed by atoms with Gasteiger partial charge in [0.2, 0.25) is 5.91 Å². The first-order chi connectivity index (χ1) is 28.4. The number of aliphatic hydroxyl groups excluding tert-OH is 2. The molecule has 0 radical (unpaired) electrons. The number of hydrogen-bond acceptors (Lipinski definition) is 6. The predicted molar refractivity (Wildman–Crippen MR) is 250 cm³/mol. The fourth-order valence-electron chi connectivity index (χ4n) is 6.84. The van der Waals surface area contributed by atoms with Crippen molar-refractivity contribution in [3.63, 3.8) is 0 Å². The molecular weight excluding hydrogens is 760 g/mol. The predicted octanol–water partition coefficient (Wildman–Crippen LogP) is 12.6. The van der Waals surface area contributed by atoms with E-state index < -0.39 is 32.7 Å². The van der Waals surface area contributed by atoms with E-state index in [0.717, 1.165) is 77.0 Å². The molecule has 0 aliphatic carbocycles.